The van der Waals surface area contributed by atoms with Crippen molar-refractivity contribution < 1.29 is 14.1 Å². The number of nitro groups is 1. The van der Waals surface area contributed by atoms with Gasteiger partial charge in [0.1, 0.15) is 11.5 Å². The van der Waals surface area contributed by atoms with Gasteiger partial charge >= 0.3 is 0 Å². The van der Waals surface area contributed by atoms with E-state index in [1.807, 2.05) is 12.1 Å². The number of nitrogens with zero attached hydrogens (tertiary/aromatic N) is 2. The normalized spacial score (nSPS) is 16.0. The molecule has 0 atom stereocenters. The van der Waals surface area contributed by atoms with E-state index in [1.165, 1.54) is 29.5 Å². The van der Waals surface area contributed by atoms with E-state index in [0.29, 0.717) is 27.2 Å². The fourth-order valence-corrected chi connectivity index (χ4v) is 4.03. The Labute approximate surface area is 189 Å². The lowest BCUT2D eigenvalue weighted by Gasteiger charge is -2.01. The highest BCUT2D eigenvalue weighted by atomic mass is 32.2. The predicted octanol–water partition coefficient (Wildman–Crippen LogP) is 6.09. The second kappa shape index (κ2) is 9.65. The molecular weight excluding hydrogens is 426 g/mol. The van der Waals surface area contributed by atoms with Crippen molar-refractivity contribution in [2.24, 2.45) is 4.99 Å². The highest BCUT2D eigenvalue weighted by molar-refractivity contribution is 8.18. The van der Waals surface area contributed by atoms with E-state index >= 15 is 0 Å². The summed E-state index contributed by atoms with van der Waals surface area (Å²) < 4.78 is 5.78. The standard InChI is InChI=1S/C24H21N3O4S/c1-2-3-5-16-8-10-18(11-9-16)25-24-26-23(28)22(32-24)15-20-12-13-21(31-20)17-6-4-7-19(14-17)27(29)30/h4,6-15H,2-3,5H2,1H3,(H,25,26,28)/b22-15+. The molecule has 4 rings (SSSR count). The van der Waals surface area contributed by atoms with E-state index in [1.54, 1.807) is 30.3 Å². The molecule has 32 heavy (non-hydrogen) atoms. The van der Waals surface area contributed by atoms with Crippen LogP contribution in [0.2, 0.25) is 0 Å². The van der Waals surface area contributed by atoms with Crippen LogP contribution in [0, 0.1) is 10.1 Å². The van der Waals surface area contributed by atoms with Gasteiger partial charge in [0.15, 0.2) is 5.17 Å². The summed E-state index contributed by atoms with van der Waals surface area (Å²) in [6.07, 6.45) is 5.00. The molecule has 1 fully saturated rings. The lowest BCUT2D eigenvalue weighted by atomic mass is 10.1. The van der Waals surface area contributed by atoms with E-state index < -0.39 is 4.92 Å². The summed E-state index contributed by atoms with van der Waals surface area (Å²) in [5.74, 6) is 0.716. The number of furan rings is 1. The number of hydrogen-bond acceptors (Lipinski definition) is 6. The number of amidine groups is 1. The van der Waals surface area contributed by atoms with Gasteiger partial charge in [-0.15, -0.1) is 0 Å². The number of non-ortho nitro benzene ring substituents is 1. The first-order chi connectivity index (χ1) is 15.5. The van der Waals surface area contributed by atoms with Crippen LogP contribution in [0.5, 0.6) is 0 Å². The van der Waals surface area contributed by atoms with Crippen LogP contribution in [0.15, 0.2) is 75.0 Å². The van der Waals surface area contributed by atoms with Gasteiger partial charge in [0.05, 0.1) is 15.5 Å². The molecule has 0 radical (unpaired) electrons. The van der Waals surface area contributed by atoms with E-state index in [9.17, 15) is 14.9 Å². The molecule has 0 unspecified atom stereocenters. The van der Waals surface area contributed by atoms with Crippen molar-refractivity contribution in [3.05, 3.63) is 87.0 Å². The summed E-state index contributed by atoms with van der Waals surface area (Å²) in [5.41, 5.74) is 2.64. The molecule has 0 saturated carbocycles. The van der Waals surface area contributed by atoms with Crippen LogP contribution in [0.25, 0.3) is 17.4 Å². The van der Waals surface area contributed by atoms with Gasteiger partial charge in [0.2, 0.25) is 0 Å². The van der Waals surface area contributed by atoms with Crippen molar-refractivity contribution in [1.29, 1.82) is 0 Å². The Hall–Kier alpha value is -3.65. The number of aryl methyl sites for hydroxylation is 1. The molecule has 0 bridgehead atoms. The minimum absolute atomic E-state index is 0.0104. The summed E-state index contributed by atoms with van der Waals surface area (Å²) >= 11 is 1.24. The van der Waals surface area contributed by atoms with Gasteiger partial charge < -0.3 is 9.73 Å². The molecule has 8 heteroatoms. The van der Waals surface area contributed by atoms with Crippen LogP contribution in [-0.2, 0) is 11.2 Å². The van der Waals surface area contributed by atoms with Crippen molar-refractivity contribution in [3.63, 3.8) is 0 Å². The third-order valence-corrected chi connectivity index (χ3v) is 5.79. The number of nitrogens with one attached hydrogen (secondary N) is 1. The summed E-state index contributed by atoms with van der Waals surface area (Å²) in [6, 6.07) is 17.7. The zero-order valence-electron chi connectivity index (χ0n) is 17.4. The van der Waals surface area contributed by atoms with Crippen LogP contribution in [0.3, 0.4) is 0 Å². The maximum absolute atomic E-state index is 12.4. The minimum Gasteiger partial charge on any atom is -0.457 e. The molecule has 7 nitrogen and oxygen atoms in total. The van der Waals surface area contributed by atoms with Crippen LogP contribution < -0.4 is 5.32 Å². The largest absolute Gasteiger partial charge is 0.457 e. The molecule has 1 N–H and O–H groups in total. The highest BCUT2D eigenvalue weighted by Crippen LogP contribution is 2.31. The third-order valence-electron chi connectivity index (χ3n) is 4.88. The quantitative estimate of drug-likeness (QED) is 0.268. The highest BCUT2D eigenvalue weighted by Gasteiger charge is 2.24. The van der Waals surface area contributed by atoms with Crippen LogP contribution >= 0.6 is 11.8 Å². The summed E-state index contributed by atoms with van der Waals surface area (Å²) in [6.45, 7) is 2.17. The number of rotatable bonds is 7. The second-order valence-corrected chi connectivity index (χ2v) is 8.29. The second-order valence-electron chi connectivity index (χ2n) is 7.26. The molecule has 0 aliphatic carbocycles. The van der Waals surface area contributed by atoms with Crippen LogP contribution in [-0.4, -0.2) is 16.0 Å². The van der Waals surface area contributed by atoms with Crippen molar-refractivity contribution in [1.82, 2.24) is 5.32 Å². The third kappa shape index (κ3) is 5.15. The van der Waals surface area contributed by atoms with Crippen molar-refractivity contribution in [2.75, 3.05) is 0 Å². The van der Waals surface area contributed by atoms with Crippen LogP contribution in [0.4, 0.5) is 11.4 Å². The summed E-state index contributed by atoms with van der Waals surface area (Å²) in [7, 11) is 0. The first kappa shape index (κ1) is 21.6. The Morgan fingerprint density at radius 1 is 1.16 bits per heavy atom. The zero-order valence-corrected chi connectivity index (χ0v) is 18.2. The number of amides is 1. The van der Waals surface area contributed by atoms with Gasteiger partial charge in [-0.05, 0) is 54.4 Å². The number of carbonyl (C=O) groups is 1. The number of nitro benzene ring substituents is 1. The Morgan fingerprint density at radius 3 is 2.72 bits per heavy atom. The number of hydrogen-bond donors (Lipinski definition) is 1. The van der Waals surface area contributed by atoms with Crippen molar-refractivity contribution >= 4 is 40.3 Å². The Bertz CT molecular complexity index is 1210. The maximum atomic E-state index is 12.4. The first-order valence-corrected chi connectivity index (χ1v) is 11.1. The van der Waals surface area contributed by atoms with Crippen molar-refractivity contribution in [3.8, 4) is 11.3 Å². The number of aliphatic imine (C=N–C) groups is 1. The molecule has 1 saturated heterocycles. The van der Waals surface area contributed by atoms with Gasteiger partial charge in [0, 0.05) is 23.8 Å². The summed E-state index contributed by atoms with van der Waals surface area (Å²) in [5, 5.41) is 14.3. The number of benzene rings is 2. The SMILES string of the molecule is CCCCc1ccc(N=C2NC(=O)/C(=C\c3ccc(-c4cccc([N+](=O)[O-])c4)o3)S2)cc1. The molecule has 1 aromatic heterocycles. The van der Waals surface area contributed by atoms with Gasteiger partial charge in [-0.25, -0.2) is 4.99 Å². The first-order valence-electron chi connectivity index (χ1n) is 10.2. The van der Waals surface area contributed by atoms with Gasteiger partial charge in [0.25, 0.3) is 11.6 Å². The smallest absolute Gasteiger partial charge is 0.270 e. The molecule has 1 aliphatic rings. The monoisotopic (exact) mass is 447 g/mol. The fraction of sp³-hybridized carbons (Fsp3) is 0.167. The number of carbonyl (C=O) groups excluding carboxylic acids is 1. The minimum atomic E-state index is -0.450. The molecule has 3 aromatic rings. The van der Waals surface area contributed by atoms with E-state index in [-0.39, 0.29) is 11.6 Å². The van der Waals surface area contributed by atoms with E-state index in [4.69, 9.17) is 4.42 Å². The molecule has 1 amide bonds. The average molecular weight is 448 g/mol. The molecular formula is C24H21N3O4S. The lowest BCUT2D eigenvalue weighted by Crippen LogP contribution is -2.19. The molecule has 162 valence electrons. The molecule has 0 spiro atoms. The van der Waals surface area contributed by atoms with Gasteiger partial charge in [-0.1, -0.05) is 37.6 Å². The van der Waals surface area contributed by atoms with E-state index in [0.717, 1.165) is 24.9 Å². The Balaban J connectivity index is 1.48. The average Bonchev–Trinajstić information content (AvgIpc) is 3.40. The summed E-state index contributed by atoms with van der Waals surface area (Å²) in [4.78, 5) is 27.9. The molecule has 2 heterocycles. The lowest BCUT2D eigenvalue weighted by molar-refractivity contribution is -0.384. The predicted molar refractivity (Wildman–Crippen MR) is 127 cm³/mol. The van der Waals surface area contributed by atoms with Gasteiger partial charge in [-0.2, -0.15) is 0 Å². The molecule has 2 aromatic carbocycles. The zero-order chi connectivity index (χ0) is 22.5. The maximum Gasteiger partial charge on any atom is 0.270 e. The molecule has 1 aliphatic heterocycles. The van der Waals surface area contributed by atoms with Crippen molar-refractivity contribution in [2.45, 2.75) is 26.2 Å². The Morgan fingerprint density at radius 2 is 1.97 bits per heavy atom. The van der Waals surface area contributed by atoms with Gasteiger partial charge in [-0.3, -0.25) is 14.9 Å². The van der Waals surface area contributed by atoms with E-state index in [2.05, 4.69) is 29.4 Å². The fourth-order valence-electron chi connectivity index (χ4n) is 3.20. The van der Waals surface area contributed by atoms with Crippen LogP contribution in [0.1, 0.15) is 31.1 Å². The number of unbranched alkanes of at least 4 members (excludes halogenated alkanes) is 1. The Kier molecular flexibility index (Phi) is 6.51. The number of thioether (sulfide) groups is 1. The topological polar surface area (TPSA) is 97.7 Å².